The van der Waals surface area contributed by atoms with Gasteiger partial charge in [0.2, 0.25) is 0 Å². The number of nitrogens with zero attached hydrogens (tertiary/aromatic N) is 1. The van der Waals surface area contributed by atoms with E-state index < -0.39 is 0 Å². The summed E-state index contributed by atoms with van der Waals surface area (Å²) in [6.45, 7) is 2.78. The van der Waals surface area contributed by atoms with Crippen LogP contribution in [0.15, 0.2) is 59.6 Å². The van der Waals surface area contributed by atoms with Gasteiger partial charge in [-0.05, 0) is 36.1 Å². The van der Waals surface area contributed by atoms with E-state index in [1.54, 1.807) is 7.11 Å². The predicted octanol–water partition coefficient (Wildman–Crippen LogP) is 3.50. The highest BCUT2D eigenvalue weighted by molar-refractivity contribution is 5.79. The molecule has 0 heterocycles. The van der Waals surface area contributed by atoms with Gasteiger partial charge in [-0.2, -0.15) is 0 Å². The van der Waals surface area contributed by atoms with E-state index in [1.807, 2.05) is 19.2 Å². The zero-order valence-electron chi connectivity index (χ0n) is 16.9. The summed E-state index contributed by atoms with van der Waals surface area (Å²) >= 11 is 0. The van der Waals surface area contributed by atoms with Crippen molar-refractivity contribution in [1.82, 2.24) is 10.6 Å². The summed E-state index contributed by atoms with van der Waals surface area (Å²) in [5.41, 5.74) is 2.84. The zero-order chi connectivity index (χ0) is 19.7. The van der Waals surface area contributed by atoms with Gasteiger partial charge >= 0.3 is 0 Å². The van der Waals surface area contributed by atoms with E-state index >= 15 is 0 Å². The number of hydrogen-bond acceptors (Lipinski definition) is 3. The molecule has 0 unspecified atom stereocenters. The van der Waals surface area contributed by atoms with Crippen LogP contribution in [0, 0.1) is 0 Å². The van der Waals surface area contributed by atoms with Crippen LogP contribution in [-0.2, 0) is 16.7 Å². The maximum Gasteiger partial charge on any atom is 0.191 e. The van der Waals surface area contributed by atoms with Crippen LogP contribution in [0.5, 0.6) is 5.75 Å². The van der Waals surface area contributed by atoms with Crippen LogP contribution in [0.2, 0.25) is 0 Å². The van der Waals surface area contributed by atoms with E-state index in [4.69, 9.17) is 9.47 Å². The molecule has 5 nitrogen and oxygen atoms in total. The first kappa shape index (κ1) is 20.2. The average Bonchev–Trinajstić information content (AvgIpc) is 2.71. The monoisotopic (exact) mass is 381 g/mol. The standard InChI is InChI=1S/C23H31N3O2/c1-24-22(25-17-19-9-11-21(12-10-19)28-16-15-27-2)26-18-23(13-6-14-23)20-7-4-3-5-8-20/h3-5,7-12H,6,13-18H2,1-2H3,(H2,24,25,26). The second-order valence-electron chi connectivity index (χ2n) is 7.26. The minimum atomic E-state index is 0.236. The van der Waals surface area contributed by atoms with Crippen LogP contribution in [-0.4, -0.2) is 39.9 Å². The Balaban J connectivity index is 1.48. The number of methoxy groups -OCH3 is 1. The lowest BCUT2D eigenvalue weighted by atomic mass is 9.64. The Kier molecular flexibility index (Phi) is 7.31. The third kappa shape index (κ3) is 5.26. The van der Waals surface area contributed by atoms with Gasteiger partial charge < -0.3 is 20.1 Å². The second-order valence-corrected chi connectivity index (χ2v) is 7.26. The lowest BCUT2D eigenvalue weighted by molar-refractivity contribution is 0.146. The number of ether oxygens (including phenoxy) is 2. The normalized spacial score (nSPS) is 15.6. The van der Waals surface area contributed by atoms with Gasteiger partial charge in [0.1, 0.15) is 12.4 Å². The summed E-state index contributed by atoms with van der Waals surface area (Å²) in [6.07, 6.45) is 3.75. The fraction of sp³-hybridized carbons (Fsp3) is 0.435. The summed E-state index contributed by atoms with van der Waals surface area (Å²) < 4.78 is 10.6. The van der Waals surface area contributed by atoms with Crippen molar-refractivity contribution in [3.63, 3.8) is 0 Å². The van der Waals surface area contributed by atoms with Gasteiger partial charge in [-0.15, -0.1) is 0 Å². The topological polar surface area (TPSA) is 54.9 Å². The van der Waals surface area contributed by atoms with Gasteiger partial charge in [0.05, 0.1) is 6.61 Å². The summed E-state index contributed by atoms with van der Waals surface area (Å²) in [4.78, 5) is 4.38. The first-order chi connectivity index (χ1) is 13.8. The summed E-state index contributed by atoms with van der Waals surface area (Å²) in [5.74, 6) is 1.70. The molecule has 0 radical (unpaired) electrons. The van der Waals surface area contributed by atoms with Crippen LogP contribution in [0.4, 0.5) is 0 Å². The van der Waals surface area contributed by atoms with Crippen molar-refractivity contribution in [3.05, 3.63) is 65.7 Å². The Morgan fingerprint density at radius 1 is 1.00 bits per heavy atom. The number of benzene rings is 2. The molecule has 1 saturated carbocycles. The largest absolute Gasteiger partial charge is 0.491 e. The molecule has 150 valence electrons. The van der Waals surface area contributed by atoms with Gasteiger partial charge in [-0.25, -0.2) is 0 Å². The van der Waals surface area contributed by atoms with Gasteiger partial charge in [0.25, 0.3) is 0 Å². The summed E-state index contributed by atoms with van der Waals surface area (Å²) in [7, 11) is 3.49. The Morgan fingerprint density at radius 3 is 2.36 bits per heavy atom. The molecular weight excluding hydrogens is 350 g/mol. The quantitative estimate of drug-likeness (QED) is 0.397. The van der Waals surface area contributed by atoms with Gasteiger partial charge in [-0.3, -0.25) is 4.99 Å². The fourth-order valence-corrected chi connectivity index (χ4v) is 3.57. The number of guanidine groups is 1. The third-order valence-electron chi connectivity index (χ3n) is 5.45. The maximum atomic E-state index is 5.60. The number of hydrogen-bond donors (Lipinski definition) is 2. The lowest BCUT2D eigenvalue weighted by Crippen LogP contribution is -2.48. The van der Waals surface area contributed by atoms with Crippen molar-refractivity contribution in [3.8, 4) is 5.75 Å². The van der Waals surface area contributed by atoms with Crippen molar-refractivity contribution < 1.29 is 9.47 Å². The zero-order valence-corrected chi connectivity index (χ0v) is 16.9. The molecule has 3 rings (SSSR count). The second kappa shape index (κ2) is 10.1. The maximum absolute atomic E-state index is 5.60. The van der Waals surface area contributed by atoms with Crippen molar-refractivity contribution in [2.24, 2.45) is 4.99 Å². The molecule has 0 atom stereocenters. The highest BCUT2D eigenvalue weighted by Crippen LogP contribution is 2.43. The predicted molar refractivity (Wildman–Crippen MR) is 114 cm³/mol. The molecule has 1 aliphatic carbocycles. The molecular formula is C23H31N3O2. The van der Waals surface area contributed by atoms with E-state index in [0.717, 1.165) is 24.8 Å². The van der Waals surface area contributed by atoms with Crippen molar-refractivity contribution in [2.75, 3.05) is 33.9 Å². The molecule has 28 heavy (non-hydrogen) atoms. The van der Waals surface area contributed by atoms with Crippen LogP contribution >= 0.6 is 0 Å². The van der Waals surface area contributed by atoms with Gasteiger partial charge in [0.15, 0.2) is 5.96 Å². The van der Waals surface area contributed by atoms with Crippen LogP contribution in [0.3, 0.4) is 0 Å². The van der Waals surface area contributed by atoms with Crippen molar-refractivity contribution in [2.45, 2.75) is 31.2 Å². The highest BCUT2D eigenvalue weighted by Gasteiger charge is 2.38. The van der Waals surface area contributed by atoms with E-state index in [0.29, 0.717) is 13.2 Å². The summed E-state index contributed by atoms with van der Waals surface area (Å²) in [5, 5.41) is 6.93. The van der Waals surface area contributed by atoms with E-state index in [-0.39, 0.29) is 5.41 Å². The molecule has 2 N–H and O–H groups in total. The molecule has 0 aliphatic heterocycles. The lowest BCUT2D eigenvalue weighted by Gasteiger charge is -2.43. The Bertz CT molecular complexity index is 740. The molecule has 2 aromatic carbocycles. The minimum absolute atomic E-state index is 0.236. The number of nitrogens with one attached hydrogen (secondary N) is 2. The molecule has 1 fully saturated rings. The molecule has 0 amide bonds. The smallest absolute Gasteiger partial charge is 0.191 e. The molecule has 0 aromatic heterocycles. The Morgan fingerprint density at radius 2 is 1.75 bits per heavy atom. The number of aliphatic imine (C=N–C) groups is 1. The van der Waals surface area contributed by atoms with Gasteiger partial charge in [-0.1, -0.05) is 48.9 Å². The first-order valence-corrected chi connectivity index (χ1v) is 9.96. The van der Waals surface area contributed by atoms with E-state index in [9.17, 15) is 0 Å². The molecule has 0 bridgehead atoms. The van der Waals surface area contributed by atoms with E-state index in [1.165, 1.54) is 30.4 Å². The number of rotatable bonds is 9. The Labute approximate surface area is 168 Å². The average molecular weight is 382 g/mol. The SMILES string of the molecule is CN=C(NCc1ccc(OCCOC)cc1)NCC1(c2ccccc2)CCC1. The highest BCUT2D eigenvalue weighted by atomic mass is 16.5. The molecule has 0 spiro atoms. The molecule has 2 aromatic rings. The molecule has 0 saturated heterocycles. The fourth-order valence-electron chi connectivity index (χ4n) is 3.57. The first-order valence-electron chi connectivity index (χ1n) is 9.96. The molecule has 5 heteroatoms. The molecule has 1 aliphatic rings. The Hall–Kier alpha value is -2.53. The van der Waals surface area contributed by atoms with Crippen LogP contribution in [0.1, 0.15) is 30.4 Å². The van der Waals surface area contributed by atoms with Crippen LogP contribution < -0.4 is 15.4 Å². The van der Waals surface area contributed by atoms with Gasteiger partial charge in [0, 0.05) is 32.7 Å². The third-order valence-corrected chi connectivity index (χ3v) is 5.45. The van der Waals surface area contributed by atoms with Crippen LogP contribution in [0.25, 0.3) is 0 Å². The van der Waals surface area contributed by atoms with Crippen molar-refractivity contribution >= 4 is 5.96 Å². The van der Waals surface area contributed by atoms with Crippen molar-refractivity contribution in [1.29, 1.82) is 0 Å². The minimum Gasteiger partial charge on any atom is -0.491 e. The summed E-state index contributed by atoms with van der Waals surface area (Å²) in [6, 6.07) is 18.9. The van der Waals surface area contributed by atoms with E-state index in [2.05, 4.69) is 58.1 Å².